The number of anilines is 1. The van der Waals surface area contributed by atoms with E-state index in [1.165, 1.54) is 0 Å². The van der Waals surface area contributed by atoms with Crippen LogP contribution < -0.4 is 10.6 Å². The number of nitrogens with one attached hydrogen (secondary N) is 3. The zero-order valence-corrected chi connectivity index (χ0v) is 12.0. The van der Waals surface area contributed by atoms with Crippen LogP contribution in [-0.4, -0.2) is 29.5 Å². The van der Waals surface area contributed by atoms with Crippen LogP contribution in [-0.2, 0) is 6.42 Å². The monoisotopic (exact) mass is 292 g/mol. The van der Waals surface area contributed by atoms with Crippen LogP contribution >= 0.6 is 11.6 Å². The molecule has 0 fully saturated rings. The average molecular weight is 293 g/mol. The lowest BCUT2D eigenvalue weighted by atomic mass is 10.1. The van der Waals surface area contributed by atoms with Crippen LogP contribution in [0.25, 0.3) is 0 Å². The minimum absolute atomic E-state index is 0.128. The first kappa shape index (κ1) is 14.4. The third-order valence-corrected chi connectivity index (χ3v) is 3.16. The molecular weight excluding hydrogens is 276 g/mol. The predicted molar refractivity (Wildman–Crippen MR) is 80.2 cm³/mol. The first-order valence-electron chi connectivity index (χ1n) is 6.44. The normalized spacial score (nSPS) is 10.3. The summed E-state index contributed by atoms with van der Waals surface area (Å²) in [6.45, 7) is 0.592. The van der Waals surface area contributed by atoms with Gasteiger partial charge in [-0.05, 0) is 24.6 Å². The highest BCUT2D eigenvalue weighted by Gasteiger charge is 2.10. The Balaban J connectivity index is 1.87. The Morgan fingerprint density at radius 1 is 1.45 bits per heavy atom. The molecule has 0 aliphatic heterocycles. The number of aryl methyl sites for hydroxylation is 1. The van der Waals surface area contributed by atoms with Gasteiger partial charge in [0.05, 0.1) is 5.56 Å². The maximum atomic E-state index is 12.1. The van der Waals surface area contributed by atoms with Crippen molar-refractivity contribution in [3.63, 3.8) is 0 Å². The van der Waals surface area contributed by atoms with Crippen molar-refractivity contribution in [3.8, 4) is 0 Å². The summed E-state index contributed by atoms with van der Waals surface area (Å²) in [6, 6.07) is 5.20. The minimum Gasteiger partial charge on any atom is -0.387 e. The van der Waals surface area contributed by atoms with E-state index in [1.54, 1.807) is 37.6 Å². The maximum Gasteiger partial charge on any atom is 0.253 e. The van der Waals surface area contributed by atoms with Gasteiger partial charge in [-0.3, -0.25) is 4.79 Å². The van der Waals surface area contributed by atoms with Gasteiger partial charge in [0.25, 0.3) is 5.91 Å². The van der Waals surface area contributed by atoms with Gasteiger partial charge in [0.2, 0.25) is 0 Å². The Labute approximate surface area is 122 Å². The first-order valence-corrected chi connectivity index (χ1v) is 6.82. The second kappa shape index (κ2) is 6.96. The standard InChI is InChI=1S/C14H17ClN4O/c1-16-12-5-4-10(15)9-11(12)14(20)19-6-2-3-13-17-7-8-18-13/h4-5,7-9,16H,2-3,6H2,1H3,(H,17,18)(H,19,20). The summed E-state index contributed by atoms with van der Waals surface area (Å²) in [5.74, 6) is 0.800. The molecule has 0 aliphatic carbocycles. The van der Waals surface area contributed by atoms with Crippen molar-refractivity contribution >= 4 is 23.2 Å². The van der Waals surface area contributed by atoms with Crippen LogP contribution in [0, 0.1) is 0 Å². The number of H-pyrrole nitrogens is 1. The summed E-state index contributed by atoms with van der Waals surface area (Å²) in [6.07, 6.45) is 5.15. The number of aromatic nitrogens is 2. The molecule has 1 aromatic carbocycles. The van der Waals surface area contributed by atoms with Gasteiger partial charge >= 0.3 is 0 Å². The summed E-state index contributed by atoms with van der Waals surface area (Å²) in [7, 11) is 1.77. The van der Waals surface area contributed by atoms with Crippen molar-refractivity contribution in [2.24, 2.45) is 0 Å². The number of rotatable bonds is 6. The van der Waals surface area contributed by atoms with E-state index in [4.69, 9.17) is 11.6 Å². The number of hydrogen-bond acceptors (Lipinski definition) is 3. The molecule has 0 spiro atoms. The van der Waals surface area contributed by atoms with Crippen LogP contribution in [0.5, 0.6) is 0 Å². The van der Waals surface area contributed by atoms with Gasteiger partial charge in [-0.1, -0.05) is 11.6 Å². The number of carbonyl (C=O) groups excluding carboxylic acids is 1. The molecule has 0 unspecified atom stereocenters. The van der Waals surface area contributed by atoms with Crippen molar-refractivity contribution in [3.05, 3.63) is 47.0 Å². The number of carbonyl (C=O) groups is 1. The molecule has 5 nitrogen and oxygen atoms in total. The summed E-state index contributed by atoms with van der Waals surface area (Å²) >= 11 is 5.93. The molecule has 0 bridgehead atoms. The second-order valence-corrected chi connectivity index (χ2v) is 4.77. The van der Waals surface area contributed by atoms with Crippen LogP contribution in [0.1, 0.15) is 22.6 Å². The number of benzene rings is 1. The lowest BCUT2D eigenvalue weighted by molar-refractivity contribution is 0.0954. The van der Waals surface area contributed by atoms with E-state index in [0.717, 1.165) is 24.4 Å². The Hall–Kier alpha value is -2.01. The molecule has 0 atom stereocenters. The number of aromatic amines is 1. The van der Waals surface area contributed by atoms with Gasteiger partial charge in [-0.25, -0.2) is 4.98 Å². The van der Waals surface area contributed by atoms with Crippen LogP contribution in [0.3, 0.4) is 0 Å². The molecule has 2 rings (SSSR count). The van der Waals surface area contributed by atoms with Gasteiger partial charge in [-0.2, -0.15) is 0 Å². The molecule has 2 aromatic rings. The fourth-order valence-electron chi connectivity index (χ4n) is 1.91. The number of halogens is 1. The molecule has 0 radical (unpaired) electrons. The molecule has 1 aromatic heterocycles. The van der Waals surface area contributed by atoms with E-state index in [0.29, 0.717) is 17.1 Å². The number of hydrogen-bond donors (Lipinski definition) is 3. The lowest BCUT2D eigenvalue weighted by Crippen LogP contribution is -2.25. The van der Waals surface area contributed by atoms with Crippen molar-refractivity contribution in [2.75, 3.05) is 18.9 Å². The van der Waals surface area contributed by atoms with Crippen molar-refractivity contribution in [1.29, 1.82) is 0 Å². The molecule has 0 saturated heterocycles. The van der Waals surface area contributed by atoms with Crippen molar-refractivity contribution in [1.82, 2.24) is 15.3 Å². The van der Waals surface area contributed by atoms with Crippen LogP contribution in [0.4, 0.5) is 5.69 Å². The van der Waals surface area contributed by atoms with Gasteiger partial charge in [-0.15, -0.1) is 0 Å². The van der Waals surface area contributed by atoms with E-state index < -0.39 is 0 Å². The van der Waals surface area contributed by atoms with Gasteiger partial charge in [0, 0.05) is 43.1 Å². The smallest absolute Gasteiger partial charge is 0.253 e. The van der Waals surface area contributed by atoms with Gasteiger partial charge in [0.15, 0.2) is 0 Å². The fraction of sp³-hybridized carbons (Fsp3) is 0.286. The van der Waals surface area contributed by atoms with E-state index in [-0.39, 0.29) is 5.91 Å². The zero-order valence-electron chi connectivity index (χ0n) is 11.2. The molecule has 1 heterocycles. The molecule has 0 aliphatic rings. The van der Waals surface area contributed by atoms with Crippen molar-refractivity contribution in [2.45, 2.75) is 12.8 Å². The van der Waals surface area contributed by atoms with Crippen LogP contribution in [0.15, 0.2) is 30.6 Å². The highest BCUT2D eigenvalue weighted by molar-refractivity contribution is 6.31. The van der Waals surface area contributed by atoms with E-state index in [2.05, 4.69) is 20.6 Å². The summed E-state index contributed by atoms with van der Waals surface area (Å²) in [4.78, 5) is 19.3. The molecule has 1 amide bonds. The maximum absolute atomic E-state index is 12.1. The number of amides is 1. The molecule has 6 heteroatoms. The average Bonchev–Trinajstić information content (AvgIpc) is 2.96. The summed E-state index contributed by atoms with van der Waals surface area (Å²) < 4.78 is 0. The van der Waals surface area contributed by atoms with Crippen LogP contribution in [0.2, 0.25) is 5.02 Å². The number of nitrogens with zero attached hydrogens (tertiary/aromatic N) is 1. The van der Waals surface area contributed by atoms with Crippen molar-refractivity contribution < 1.29 is 4.79 Å². The zero-order chi connectivity index (χ0) is 14.4. The third kappa shape index (κ3) is 3.74. The Morgan fingerprint density at radius 2 is 2.30 bits per heavy atom. The van der Waals surface area contributed by atoms with E-state index in [1.807, 2.05) is 0 Å². The Kier molecular flexibility index (Phi) is 5.01. The van der Waals surface area contributed by atoms with Gasteiger partial charge in [0.1, 0.15) is 5.82 Å². The largest absolute Gasteiger partial charge is 0.387 e. The topological polar surface area (TPSA) is 69.8 Å². The second-order valence-electron chi connectivity index (χ2n) is 4.34. The Bertz CT molecular complexity index is 569. The molecule has 106 valence electrons. The minimum atomic E-state index is -0.128. The SMILES string of the molecule is CNc1ccc(Cl)cc1C(=O)NCCCc1ncc[nH]1. The molecule has 3 N–H and O–H groups in total. The predicted octanol–water partition coefficient (Wildman–Crippen LogP) is 2.47. The molecule has 20 heavy (non-hydrogen) atoms. The summed E-state index contributed by atoms with van der Waals surface area (Å²) in [5, 5.41) is 6.41. The third-order valence-electron chi connectivity index (χ3n) is 2.93. The van der Waals surface area contributed by atoms with E-state index >= 15 is 0 Å². The number of imidazole rings is 1. The highest BCUT2D eigenvalue weighted by Crippen LogP contribution is 2.20. The summed E-state index contributed by atoms with van der Waals surface area (Å²) in [5.41, 5.74) is 1.32. The van der Waals surface area contributed by atoms with Gasteiger partial charge < -0.3 is 15.6 Å². The molecule has 0 saturated carbocycles. The quantitative estimate of drug-likeness (QED) is 0.716. The lowest BCUT2D eigenvalue weighted by Gasteiger charge is -2.10. The Morgan fingerprint density at radius 3 is 3.00 bits per heavy atom. The highest BCUT2D eigenvalue weighted by atomic mass is 35.5. The fourth-order valence-corrected chi connectivity index (χ4v) is 2.08. The van der Waals surface area contributed by atoms with E-state index in [9.17, 15) is 4.79 Å². The molecular formula is C14H17ClN4O. The first-order chi connectivity index (χ1) is 9.70.